The van der Waals surface area contributed by atoms with Crippen molar-refractivity contribution in [2.24, 2.45) is 5.92 Å². The van der Waals surface area contributed by atoms with Crippen LogP contribution in [0.1, 0.15) is 19.3 Å². The molecule has 3 rings (SSSR count). The lowest BCUT2D eigenvalue weighted by Gasteiger charge is -2.33. The van der Waals surface area contributed by atoms with Crippen LogP contribution in [-0.4, -0.2) is 44.3 Å². The van der Waals surface area contributed by atoms with Gasteiger partial charge >= 0.3 is 0 Å². The van der Waals surface area contributed by atoms with Gasteiger partial charge in [0.25, 0.3) is 0 Å². The third-order valence-corrected chi connectivity index (χ3v) is 6.66. The minimum atomic E-state index is -3.30. The number of piperidine rings is 1. The fourth-order valence-corrected chi connectivity index (χ4v) is 5.56. The first-order valence-electron chi connectivity index (χ1n) is 7.94. The Bertz CT molecular complexity index is 673. The van der Waals surface area contributed by atoms with Crippen molar-refractivity contribution in [3.05, 3.63) is 36.9 Å². The van der Waals surface area contributed by atoms with Gasteiger partial charge in [-0.15, -0.1) is 6.58 Å². The van der Waals surface area contributed by atoms with Crippen molar-refractivity contribution >= 4 is 10.0 Å². The van der Waals surface area contributed by atoms with Gasteiger partial charge in [0, 0.05) is 12.1 Å². The van der Waals surface area contributed by atoms with Crippen LogP contribution in [0.25, 0.3) is 0 Å². The van der Waals surface area contributed by atoms with E-state index < -0.39 is 10.0 Å². The highest BCUT2D eigenvalue weighted by molar-refractivity contribution is 7.89. The Morgan fingerprint density at radius 1 is 1.35 bits per heavy atom. The van der Waals surface area contributed by atoms with Crippen LogP contribution in [-0.2, 0) is 10.0 Å². The Balaban J connectivity index is 1.73. The molecule has 2 bridgehead atoms. The third-order valence-electron chi connectivity index (χ3n) is 4.79. The third kappa shape index (κ3) is 3.23. The van der Waals surface area contributed by atoms with Crippen LogP contribution in [0, 0.1) is 5.92 Å². The summed E-state index contributed by atoms with van der Waals surface area (Å²) in [6.07, 6.45) is 4.44. The number of hydrogen-bond acceptors (Lipinski definition) is 4. The van der Waals surface area contributed by atoms with Crippen molar-refractivity contribution in [1.82, 2.24) is 4.31 Å². The largest absolute Gasteiger partial charge is 0.497 e. The lowest BCUT2D eigenvalue weighted by Crippen LogP contribution is -2.48. The molecular weight excluding hydrogens is 314 g/mol. The summed E-state index contributed by atoms with van der Waals surface area (Å²) in [5.74, 6) is 1.82. The highest BCUT2D eigenvalue weighted by atomic mass is 32.2. The second kappa shape index (κ2) is 6.53. The van der Waals surface area contributed by atoms with E-state index in [1.54, 1.807) is 11.4 Å². The maximum absolute atomic E-state index is 12.5. The smallest absolute Gasteiger partial charge is 0.218 e. The van der Waals surface area contributed by atoms with Gasteiger partial charge in [-0.25, -0.2) is 8.42 Å². The Kier molecular flexibility index (Phi) is 4.64. The Labute approximate surface area is 137 Å². The van der Waals surface area contributed by atoms with Crippen LogP contribution in [0.2, 0.25) is 0 Å². The molecule has 0 spiro atoms. The van der Waals surface area contributed by atoms with Crippen LogP contribution in [0.15, 0.2) is 36.9 Å². The van der Waals surface area contributed by atoms with Crippen molar-refractivity contribution in [1.29, 1.82) is 0 Å². The molecule has 2 aliphatic rings. The normalized spacial score (nSPS) is 27.1. The SMILES string of the molecule is C=CCS(=O)(=O)N1C2CCC(C2)[C@H]1COc1cccc(OC)c1. The van der Waals surface area contributed by atoms with E-state index in [-0.39, 0.29) is 17.8 Å². The fraction of sp³-hybridized carbons (Fsp3) is 0.529. The highest BCUT2D eigenvalue weighted by Crippen LogP contribution is 2.44. The summed E-state index contributed by atoms with van der Waals surface area (Å²) in [4.78, 5) is 0. The van der Waals surface area contributed by atoms with Crippen molar-refractivity contribution in [3.63, 3.8) is 0 Å². The maximum atomic E-state index is 12.5. The molecule has 126 valence electrons. The van der Waals surface area contributed by atoms with E-state index in [0.717, 1.165) is 25.0 Å². The van der Waals surface area contributed by atoms with Crippen LogP contribution in [0.4, 0.5) is 0 Å². The van der Waals surface area contributed by atoms with Gasteiger partial charge in [0.2, 0.25) is 10.0 Å². The molecule has 1 saturated heterocycles. The molecule has 0 radical (unpaired) electrons. The molecule has 2 fully saturated rings. The first kappa shape index (κ1) is 16.3. The highest BCUT2D eigenvalue weighted by Gasteiger charge is 2.50. The summed E-state index contributed by atoms with van der Waals surface area (Å²) < 4.78 is 37.8. The van der Waals surface area contributed by atoms with Gasteiger partial charge in [0.1, 0.15) is 18.1 Å². The Morgan fingerprint density at radius 3 is 2.87 bits per heavy atom. The first-order valence-corrected chi connectivity index (χ1v) is 9.55. The number of fused-ring (bicyclic) bond motifs is 2. The zero-order valence-electron chi connectivity index (χ0n) is 13.3. The molecule has 1 aromatic carbocycles. The molecular formula is C17H23NO4S. The Hall–Kier alpha value is -1.53. The zero-order valence-corrected chi connectivity index (χ0v) is 14.2. The second-order valence-corrected chi connectivity index (χ2v) is 8.10. The summed E-state index contributed by atoms with van der Waals surface area (Å²) in [5.41, 5.74) is 0. The second-order valence-electron chi connectivity index (χ2n) is 6.18. The summed E-state index contributed by atoms with van der Waals surface area (Å²) in [6, 6.07) is 7.44. The van der Waals surface area contributed by atoms with E-state index in [0.29, 0.717) is 18.3 Å². The number of hydrogen-bond donors (Lipinski definition) is 0. The lowest BCUT2D eigenvalue weighted by atomic mass is 10.0. The average molecular weight is 337 g/mol. The Morgan fingerprint density at radius 2 is 2.13 bits per heavy atom. The minimum absolute atomic E-state index is 0.00806. The standard InChI is InChI=1S/C17H23NO4S/c1-3-9-23(19,20)18-14-8-7-13(10-14)17(18)12-22-16-6-4-5-15(11-16)21-2/h3-6,11,13-14,17H,1,7-10,12H2,2H3/t13?,14?,17-/m1/s1. The molecule has 0 aromatic heterocycles. The van der Waals surface area contributed by atoms with E-state index in [9.17, 15) is 8.42 Å². The van der Waals surface area contributed by atoms with Crippen LogP contribution in [0.3, 0.4) is 0 Å². The van der Waals surface area contributed by atoms with E-state index in [4.69, 9.17) is 9.47 Å². The van der Waals surface area contributed by atoms with Gasteiger partial charge in [-0.1, -0.05) is 12.1 Å². The molecule has 5 nitrogen and oxygen atoms in total. The predicted molar refractivity (Wildman–Crippen MR) is 89.2 cm³/mol. The number of benzene rings is 1. The number of ether oxygens (including phenoxy) is 2. The molecule has 3 atom stereocenters. The maximum Gasteiger partial charge on any atom is 0.218 e. The van der Waals surface area contributed by atoms with Gasteiger partial charge in [0.05, 0.1) is 18.9 Å². The van der Waals surface area contributed by atoms with Crippen molar-refractivity contribution < 1.29 is 17.9 Å². The van der Waals surface area contributed by atoms with Gasteiger partial charge in [0.15, 0.2) is 0 Å². The van der Waals surface area contributed by atoms with E-state index >= 15 is 0 Å². The number of nitrogens with zero attached hydrogens (tertiary/aromatic N) is 1. The van der Waals surface area contributed by atoms with Gasteiger partial charge in [-0.2, -0.15) is 4.31 Å². The molecule has 1 aliphatic heterocycles. The summed E-state index contributed by atoms with van der Waals surface area (Å²) in [6.45, 7) is 3.95. The summed E-state index contributed by atoms with van der Waals surface area (Å²) in [7, 11) is -1.69. The van der Waals surface area contributed by atoms with Crippen LogP contribution >= 0.6 is 0 Å². The monoisotopic (exact) mass is 337 g/mol. The van der Waals surface area contributed by atoms with Crippen molar-refractivity contribution in [2.45, 2.75) is 31.3 Å². The first-order chi connectivity index (χ1) is 11.0. The molecule has 0 amide bonds. The van der Waals surface area contributed by atoms with Gasteiger partial charge in [-0.3, -0.25) is 0 Å². The van der Waals surface area contributed by atoms with Gasteiger partial charge in [-0.05, 0) is 37.3 Å². The van der Waals surface area contributed by atoms with Crippen molar-refractivity contribution in [2.75, 3.05) is 19.5 Å². The minimum Gasteiger partial charge on any atom is -0.497 e. The topological polar surface area (TPSA) is 55.8 Å². The number of rotatable bonds is 7. The molecule has 2 unspecified atom stereocenters. The van der Waals surface area contributed by atoms with E-state index in [2.05, 4.69) is 6.58 Å². The fourth-order valence-electron chi connectivity index (χ4n) is 3.80. The lowest BCUT2D eigenvalue weighted by molar-refractivity contribution is 0.162. The van der Waals surface area contributed by atoms with Crippen molar-refractivity contribution in [3.8, 4) is 11.5 Å². The molecule has 23 heavy (non-hydrogen) atoms. The van der Waals surface area contributed by atoms with E-state index in [1.165, 1.54) is 6.08 Å². The molecule has 1 saturated carbocycles. The molecule has 0 N–H and O–H groups in total. The molecule has 1 aromatic rings. The zero-order chi connectivity index (χ0) is 16.4. The summed E-state index contributed by atoms with van der Waals surface area (Å²) >= 11 is 0. The molecule has 1 aliphatic carbocycles. The van der Waals surface area contributed by atoms with Crippen LogP contribution in [0.5, 0.6) is 11.5 Å². The summed E-state index contributed by atoms with van der Waals surface area (Å²) in [5, 5.41) is 0. The van der Waals surface area contributed by atoms with E-state index in [1.807, 2.05) is 24.3 Å². The average Bonchev–Trinajstić information content (AvgIpc) is 3.14. The number of methoxy groups -OCH3 is 1. The molecule has 1 heterocycles. The predicted octanol–water partition coefficient (Wildman–Crippen LogP) is 2.44. The van der Waals surface area contributed by atoms with Crippen LogP contribution < -0.4 is 9.47 Å². The number of sulfonamides is 1. The van der Waals surface area contributed by atoms with Gasteiger partial charge < -0.3 is 9.47 Å². The molecule has 6 heteroatoms. The quantitative estimate of drug-likeness (QED) is 0.717.